The van der Waals surface area contributed by atoms with Crippen LogP contribution < -0.4 is 5.32 Å². The van der Waals surface area contributed by atoms with Crippen molar-refractivity contribution in [1.29, 1.82) is 0 Å². The number of hydrogen-bond acceptors (Lipinski definition) is 4. The van der Waals surface area contributed by atoms with Crippen molar-refractivity contribution < 1.29 is 13.9 Å². The standard InChI is InChI=1S/C12H19NO3/c1-9-12(5-6-15-9)13-7-10-3-4-11(16-10)8-14-2/h3-4,9,12-13H,5-8H2,1-2H3. The molecule has 1 saturated heterocycles. The molecule has 1 N–H and O–H groups in total. The predicted octanol–water partition coefficient (Wildman–Crippen LogP) is 1.69. The van der Waals surface area contributed by atoms with Crippen LogP contribution >= 0.6 is 0 Å². The molecule has 0 saturated carbocycles. The van der Waals surface area contributed by atoms with E-state index >= 15 is 0 Å². The number of methoxy groups -OCH3 is 1. The van der Waals surface area contributed by atoms with Crippen molar-refractivity contribution in [2.24, 2.45) is 0 Å². The van der Waals surface area contributed by atoms with E-state index in [0.717, 1.165) is 31.1 Å². The van der Waals surface area contributed by atoms with Crippen LogP contribution in [0.5, 0.6) is 0 Å². The first-order valence-corrected chi connectivity index (χ1v) is 5.71. The fraction of sp³-hybridized carbons (Fsp3) is 0.667. The fourth-order valence-corrected chi connectivity index (χ4v) is 1.97. The minimum atomic E-state index is 0.299. The molecule has 0 aromatic carbocycles. The molecule has 1 fully saturated rings. The van der Waals surface area contributed by atoms with Crippen molar-refractivity contribution in [2.45, 2.75) is 38.6 Å². The Labute approximate surface area is 95.9 Å². The molecule has 2 heterocycles. The molecule has 2 unspecified atom stereocenters. The molecule has 0 amide bonds. The largest absolute Gasteiger partial charge is 0.462 e. The molecule has 4 nitrogen and oxygen atoms in total. The Morgan fingerprint density at radius 1 is 1.44 bits per heavy atom. The topological polar surface area (TPSA) is 43.6 Å². The fourth-order valence-electron chi connectivity index (χ4n) is 1.97. The molecular formula is C12H19NO3. The zero-order valence-electron chi connectivity index (χ0n) is 9.86. The lowest BCUT2D eigenvalue weighted by Gasteiger charge is -2.14. The average Bonchev–Trinajstić information content (AvgIpc) is 2.86. The monoisotopic (exact) mass is 225 g/mol. The second-order valence-electron chi connectivity index (χ2n) is 4.15. The van der Waals surface area contributed by atoms with E-state index in [9.17, 15) is 0 Å². The van der Waals surface area contributed by atoms with Gasteiger partial charge in [-0.1, -0.05) is 0 Å². The van der Waals surface area contributed by atoms with Gasteiger partial charge in [-0.05, 0) is 25.5 Å². The van der Waals surface area contributed by atoms with Gasteiger partial charge in [-0.2, -0.15) is 0 Å². The number of furan rings is 1. The van der Waals surface area contributed by atoms with Gasteiger partial charge in [0.2, 0.25) is 0 Å². The molecule has 2 rings (SSSR count). The molecule has 2 atom stereocenters. The van der Waals surface area contributed by atoms with Gasteiger partial charge in [0, 0.05) is 19.8 Å². The summed E-state index contributed by atoms with van der Waals surface area (Å²) in [5.41, 5.74) is 0. The van der Waals surface area contributed by atoms with Crippen molar-refractivity contribution in [2.75, 3.05) is 13.7 Å². The highest BCUT2D eigenvalue weighted by molar-refractivity contribution is 5.06. The molecule has 0 bridgehead atoms. The van der Waals surface area contributed by atoms with E-state index in [0.29, 0.717) is 18.8 Å². The maximum absolute atomic E-state index is 5.59. The summed E-state index contributed by atoms with van der Waals surface area (Å²) in [4.78, 5) is 0. The summed E-state index contributed by atoms with van der Waals surface area (Å²) in [7, 11) is 1.66. The van der Waals surface area contributed by atoms with Gasteiger partial charge in [-0.3, -0.25) is 0 Å². The van der Waals surface area contributed by atoms with Gasteiger partial charge in [0.15, 0.2) is 0 Å². The van der Waals surface area contributed by atoms with Crippen LogP contribution in [-0.4, -0.2) is 25.9 Å². The molecule has 1 aliphatic rings. The van der Waals surface area contributed by atoms with E-state index in [1.807, 2.05) is 12.1 Å². The number of hydrogen-bond donors (Lipinski definition) is 1. The van der Waals surface area contributed by atoms with Crippen molar-refractivity contribution in [1.82, 2.24) is 5.32 Å². The zero-order valence-corrected chi connectivity index (χ0v) is 9.86. The second-order valence-corrected chi connectivity index (χ2v) is 4.15. The smallest absolute Gasteiger partial charge is 0.129 e. The zero-order chi connectivity index (χ0) is 11.4. The minimum absolute atomic E-state index is 0.299. The minimum Gasteiger partial charge on any atom is -0.462 e. The van der Waals surface area contributed by atoms with E-state index in [2.05, 4.69) is 12.2 Å². The van der Waals surface area contributed by atoms with Gasteiger partial charge in [-0.15, -0.1) is 0 Å². The number of ether oxygens (including phenoxy) is 2. The molecule has 0 aliphatic carbocycles. The summed E-state index contributed by atoms with van der Waals surface area (Å²) in [6.07, 6.45) is 1.38. The number of rotatable bonds is 5. The highest BCUT2D eigenvalue weighted by Crippen LogP contribution is 2.14. The average molecular weight is 225 g/mol. The highest BCUT2D eigenvalue weighted by atomic mass is 16.5. The van der Waals surface area contributed by atoms with Crippen molar-refractivity contribution >= 4 is 0 Å². The number of nitrogens with one attached hydrogen (secondary N) is 1. The van der Waals surface area contributed by atoms with Crippen molar-refractivity contribution in [3.8, 4) is 0 Å². The van der Waals surface area contributed by atoms with E-state index in [1.54, 1.807) is 7.11 Å². The lowest BCUT2D eigenvalue weighted by Crippen LogP contribution is -2.33. The summed E-state index contributed by atoms with van der Waals surface area (Å²) in [6, 6.07) is 4.38. The third-order valence-corrected chi connectivity index (χ3v) is 2.92. The highest BCUT2D eigenvalue weighted by Gasteiger charge is 2.23. The normalized spacial score (nSPS) is 25.1. The summed E-state index contributed by atoms with van der Waals surface area (Å²) < 4.78 is 16.1. The second kappa shape index (κ2) is 5.48. The SMILES string of the molecule is COCc1ccc(CNC2CCOC2C)o1. The van der Waals surface area contributed by atoms with Gasteiger partial charge < -0.3 is 19.2 Å². The summed E-state index contributed by atoms with van der Waals surface area (Å²) in [6.45, 7) is 4.24. The van der Waals surface area contributed by atoms with E-state index in [1.165, 1.54) is 0 Å². The van der Waals surface area contributed by atoms with Gasteiger partial charge in [0.25, 0.3) is 0 Å². The van der Waals surface area contributed by atoms with Crippen LogP contribution in [0.1, 0.15) is 24.9 Å². The Kier molecular flexibility index (Phi) is 3.98. The summed E-state index contributed by atoms with van der Waals surface area (Å²) in [5.74, 6) is 1.82. The third-order valence-electron chi connectivity index (χ3n) is 2.92. The molecule has 0 spiro atoms. The Balaban J connectivity index is 1.80. The van der Waals surface area contributed by atoms with Gasteiger partial charge >= 0.3 is 0 Å². The maximum Gasteiger partial charge on any atom is 0.129 e. The molecule has 0 radical (unpaired) electrons. The van der Waals surface area contributed by atoms with E-state index in [4.69, 9.17) is 13.9 Å². The lowest BCUT2D eigenvalue weighted by molar-refractivity contribution is 0.112. The maximum atomic E-state index is 5.59. The van der Waals surface area contributed by atoms with E-state index in [-0.39, 0.29) is 0 Å². The predicted molar refractivity (Wildman–Crippen MR) is 60.1 cm³/mol. The molecule has 16 heavy (non-hydrogen) atoms. The van der Waals surface area contributed by atoms with Crippen molar-refractivity contribution in [3.63, 3.8) is 0 Å². The first-order chi connectivity index (χ1) is 7.79. The molecular weight excluding hydrogens is 206 g/mol. The lowest BCUT2D eigenvalue weighted by atomic mass is 10.1. The van der Waals surface area contributed by atoms with Gasteiger partial charge in [-0.25, -0.2) is 0 Å². The van der Waals surface area contributed by atoms with Gasteiger partial charge in [0.1, 0.15) is 18.1 Å². The summed E-state index contributed by atoms with van der Waals surface area (Å²) >= 11 is 0. The summed E-state index contributed by atoms with van der Waals surface area (Å²) in [5, 5.41) is 3.44. The Morgan fingerprint density at radius 3 is 2.94 bits per heavy atom. The quantitative estimate of drug-likeness (QED) is 0.828. The first-order valence-electron chi connectivity index (χ1n) is 5.71. The molecule has 1 aliphatic heterocycles. The van der Waals surface area contributed by atoms with Crippen LogP contribution in [0.3, 0.4) is 0 Å². The Bertz CT molecular complexity index is 324. The Morgan fingerprint density at radius 2 is 2.25 bits per heavy atom. The van der Waals surface area contributed by atoms with Crippen LogP contribution in [0, 0.1) is 0 Å². The molecule has 1 aromatic heterocycles. The van der Waals surface area contributed by atoms with Crippen LogP contribution in [0.2, 0.25) is 0 Å². The van der Waals surface area contributed by atoms with Crippen molar-refractivity contribution in [3.05, 3.63) is 23.7 Å². The van der Waals surface area contributed by atoms with Crippen LogP contribution in [0.15, 0.2) is 16.5 Å². The first kappa shape index (κ1) is 11.6. The van der Waals surface area contributed by atoms with Crippen LogP contribution in [0.25, 0.3) is 0 Å². The molecule has 90 valence electrons. The van der Waals surface area contributed by atoms with E-state index < -0.39 is 0 Å². The van der Waals surface area contributed by atoms with Crippen LogP contribution in [0.4, 0.5) is 0 Å². The third kappa shape index (κ3) is 2.84. The van der Waals surface area contributed by atoms with Crippen LogP contribution in [-0.2, 0) is 22.6 Å². The van der Waals surface area contributed by atoms with Gasteiger partial charge in [0.05, 0.1) is 12.6 Å². The molecule has 4 heteroatoms. The Hall–Kier alpha value is -0.840. The molecule has 1 aromatic rings.